The number of aromatic nitrogens is 4. The second-order valence-corrected chi connectivity index (χ2v) is 9.84. The third kappa shape index (κ3) is 4.75. The average molecular weight is 442 g/mol. The number of carbonyl (C=O) groups is 1. The summed E-state index contributed by atoms with van der Waals surface area (Å²) in [6.45, 7) is 6.26. The van der Waals surface area contributed by atoms with Crippen LogP contribution in [0.2, 0.25) is 0 Å². The zero-order chi connectivity index (χ0) is 21.1. The Kier molecular flexibility index (Phi) is 6.53. The summed E-state index contributed by atoms with van der Waals surface area (Å²) in [7, 11) is 0. The number of nitrogens with zero attached hydrogens (tertiary/aromatic N) is 4. The van der Waals surface area contributed by atoms with E-state index >= 15 is 0 Å². The smallest absolute Gasteiger partial charge is 0.286 e. The molecule has 1 amide bonds. The van der Waals surface area contributed by atoms with Crippen LogP contribution in [-0.2, 0) is 5.75 Å². The summed E-state index contributed by atoms with van der Waals surface area (Å²) in [5.41, 5.74) is 4.27. The molecule has 0 radical (unpaired) electrons. The van der Waals surface area contributed by atoms with Crippen LogP contribution in [0.15, 0.2) is 29.4 Å². The summed E-state index contributed by atoms with van der Waals surface area (Å²) in [4.78, 5) is 17.3. The fourth-order valence-corrected chi connectivity index (χ4v) is 5.70. The van der Waals surface area contributed by atoms with Crippen LogP contribution in [0, 0.1) is 20.8 Å². The predicted octanol–water partition coefficient (Wildman–Crippen LogP) is 5.71. The number of thioether (sulfide) groups is 1. The van der Waals surface area contributed by atoms with Crippen molar-refractivity contribution in [3.63, 3.8) is 0 Å². The molecule has 0 unspecified atom stereocenters. The number of hydrogen-bond donors (Lipinski definition) is 1. The molecule has 8 heteroatoms. The number of rotatable bonds is 6. The first-order valence-electron chi connectivity index (χ1n) is 10.4. The fourth-order valence-electron chi connectivity index (χ4n) is 3.82. The fraction of sp³-hybridized carbons (Fsp3) is 0.455. The summed E-state index contributed by atoms with van der Waals surface area (Å²) in [6.07, 6.45) is 6.38. The molecule has 2 aromatic heterocycles. The first-order chi connectivity index (χ1) is 14.5. The van der Waals surface area contributed by atoms with Crippen LogP contribution in [0.3, 0.4) is 0 Å². The second kappa shape index (κ2) is 9.31. The van der Waals surface area contributed by atoms with Crippen molar-refractivity contribution in [1.82, 2.24) is 19.7 Å². The molecule has 1 N–H and O–H groups in total. The Bertz CT molecular complexity index is 1020. The Morgan fingerprint density at radius 3 is 2.60 bits per heavy atom. The lowest BCUT2D eigenvalue weighted by atomic mass is 9.95. The maximum Gasteiger partial charge on any atom is 0.286 e. The zero-order valence-corrected chi connectivity index (χ0v) is 19.3. The highest BCUT2D eigenvalue weighted by atomic mass is 32.2. The highest BCUT2D eigenvalue weighted by Crippen LogP contribution is 2.35. The van der Waals surface area contributed by atoms with Crippen molar-refractivity contribution in [1.29, 1.82) is 0 Å². The van der Waals surface area contributed by atoms with E-state index in [0.717, 1.165) is 27.1 Å². The molecule has 6 nitrogen and oxygen atoms in total. The summed E-state index contributed by atoms with van der Waals surface area (Å²) in [5.74, 6) is 0.445. The average Bonchev–Trinajstić information content (AvgIpc) is 3.34. The first kappa shape index (κ1) is 21.1. The number of hydrogen-bond acceptors (Lipinski definition) is 6. The molecule has 2 heterocycles. The molecular formula is C22H27N5OS2. The molecule has 30 heavy (non-hydrogen) atoms. The van der Waals surface area contributed by atoms with E-state index in [0.29, 0.717) is 16.8 Å². The van der Waals surface area contributed by atoms with Gasteiger partial charge in [0.25, 0.3) is 5.91 Å². The quantitative estimate of drug-likeness (QED) is 0.496. The van der Waals surface area contributed by atoms with Gasteiger partial charge in [-0.1, -0.05) is 60.1 Å². The van der Waals surface area contributed by atoms with Gasteiger partial charge >= 0.3 is 0 Å². The molecule has 1 aliphatic rings. The van der Waals surface area contributed by atoms with Gasteiger partial charge in [0.1, 0.15) is 5.01 Å². The molecule has 0 spiro atoms. The van der Waals surface area contributed by atoms with Crippen molar-refractivity contribution < 1.29 is 4.79 Å². The molecule has 158 valence electrons. The van der Waals surface area contributed by atoms with Crippen molar-refractivity contribution in [2.45, 2.75) is 69.8 Å². The number of nitrogens with one attached hydrogen (secondary N) is 1. The zero-order valence-electron chi connectivity index (χ0n) is 17.6. The Labute approximate surface area is 185 Å². The van der Waals surface area contributed by atoms with Gasteiger partial charge in [-0.2, -0.15) is 0 Å². The number of carbonyl (C=O) groups excluding carboxylic acids is 1. The van der Waals surface area contributed by atoms with E-state index in [2.05, 4.69) is 33.9 Å². The number of imidazole rings is 1. The SMILES string of the molecule is Cc1ccc(NC(=O)c2nnc(CSc3nc(C)c(C)n3C3CCCCC3)s2)cc1. The van der Waals surface area contributed by atoms with E-state index in [-0.39, 0.29) is 5.91 Å². The van der Waals surface area contributed by atoms with Crippen LogP contribution < -0.4 is 5.32 Å². The molecule has 4 rings (SSSR count). The summed E-state index contributed by atoms with van der Waals surface area (Å²) in [5, 5.41) is 13.5. The molecule has 0 saturated heterocycles. The van der Waals surface area contributed by atoms with Crippen LogP contribution >= 0.6 is 23.1 Å². The molecule has 0 atom stereocenters. The summed E-state index contributed by atoms with van der Waals surface area (Å²) >= 11 is 3.03. The van der Waals surface area contributed by atoms with Crippen molar-refractivity contribution in [3.8, 4) is 0 Å². The molecule has 1 aliphatic carbocycles. The molecule has 3 aromatic rings. The maximum absolute atomic E-state index is 12.5. The summed E-state index contributed by atoms with van der Waals surface area (Å²) in [6, 6.07) is 8.27. The van der Waals surface area contributed by atoms with E-state index < -0.39 is 0 Å². The largest absolute Gasteiger partial charge is 0.320 e. The topological polar surface area (TPSA) is 72.7 Å². The molecular weight excluding hydrogens is 414 g/mol. The van der Waals surface area contributed by atoms with Gasteiger partial charge in [-0.15, -0.1) is 10.2 Å². The van der Waals surface area contributed by atoms with Gasteiger partial charge in [0, 0.05) is 17.4 Å². The highest BCUT2D eigenvalue weighted by Gasteiger charge is 2.22. The molecule has 1 fully saturated rings. The van der Waals surface area contributed by atoms with Gasteiger partial charge in [-0.05, 0) is 45.7 Å². The minimum absolute atomic E-state index is 0.219. The normalized spacial score (nSPS) is 14.8. The predicted molar refractivity (Wildman–Crippen MR) is 122 cm³/mol. The lowest BCUT2D eigenvalue weighted by molar-refractivity contribution is 0.102. The lowest BCUT2D eigenvalue weighted by Crippen LogP contribution is -2.15. The Morgan fingerprint density at radius 1 is 1.13 bits per heavy atom. The van der Waals surface area contributed by atoms with Crippen LogP contribution in [0.25, 0.3) is 0 Å². The lowest BCUT2D eigenvalue weighted by Gasteiger charge is -2.25. The number of benzene rings is 1. The third-order valence-electron chi connectivity index (χ3n) is 5.59. The minimum atomic E-state index is -0.219. The monoisotopic (exact) mass is 441 g/mol. The molecule has 0 aliphatic heterocycles. The van der Waals surface area contributed by atoms with Gasteiger partial charge in [0.15, 0.2) is 5.16 Å². The molecule has 1 aromatic carbocycles. The van der Waals surface area contributed by atoms with Crippen molar-refractivity contribution >= 4 is 34.7 Å². The van der Waals surface area contributed by atoms with Crippen LogP contribution in [0.5, 0.6) is 0 Å². The maximum atomic E-state index is 12.5. The van der Waals surface area contributed by atoms with E-state index in [4.69, 9.17) is 4.98 Å². The van der Waals surface area contributed by atoms with Crippen LogP contribution in [0.4, 0.5) is 5.69 Å². The standard InChI is InChI=1S/C22H27N5OS2/c1-14-9-11-17(12-10-14)24-20(28)21-26-25-19(30-21)13-29-22-23-15(2)16(3)27(22)18-7-5-4-6-8-18/h9-12,18H,4-8,13H2,1-3H3,(H,24,28). The third-order valence-corrected chi connectivity index (χ3v) is 7.66. The van der Waals surface area contributed by atoms with E-state index in [9.17, 15) is 4.79 Å². The van der Waals surface area contributed by atoms with Crippen molar-refractivity contribution in [3.05, 3.63) is 51.2 Å². The summed E-state index contributed by atoms with van der Waals surface area (Å²) < 4.78 is 2.42. The van der Waals surface area contributed by atoms with E-state index in [1.165, 1.54) is 49.1 Å². The number of anilines is 1. The van der Waals surface area contributed by atoms with Crippen LogP contribution in [-0.4, -0.2) is 25.7 Å². The van der Waals surface area contributed by atoms with Crippen molar-refractivity contribution in [2.75, 3.05) is 5.32 Å². The Morgan fingerprint density at radius 2 is 1.87 bits per heavy atom. The van der Waals surface area contributed by atoms with E-state index in [1.807, 2.05) is 31.2 Å². The Hall–Kier alpha value is -2.19. The number of aryl methyl sites for hydroxylation is 2. The Balaban J connectivity index is 1.41. The second-order valence-electron chi connectivity index (χ2n) is 7.84. The van der Waals surface area contributed by atoms with Gasteiger partial charge in [0.2, 0.25) is 5.01 Å². The highest BCUT2D eigenvalue weighted by molar-refractivity contribution is 7.98. The number of amides is 1. The first-order valence-corrected chi connectivity index (χ1v) is 12.2. The van der Waals surface area contributed by atoms with Gasteiger partial charge in [-0.3, -0.25) is 4.79 Å². The van der Waals surface area contributed by atoms with Crippen LogP contribution in [0.1, 0.15) is 69.9 Å². The molecule has 0 bridgehead atoms. The van der Waals surface area contributed by atoms with Crippen molar-refractivity contribution in [2.24, 2.45) is 0 Å². The molecule has 1 saturated carbocycles. The minimum Gasteiger partial charge on any atom is -0.320 e. The van der Waals surface area contributed by atoms with Gasteiger partial charge in [0.05, 0.1) is 11.4 Å². The van der Waals surface area contributed by atoms with Gasteiger partial charge in [-0.25, -0.2) is 4.98 Å². The van der Waals surface area contributed by atoms with E-state index in [1.54, 1.807) is 11.8 Å². The van der Waals surface area contributed by atoms with Gasteiger partial charge < -0.3 is 9.88 Å².